The van der Waals surface area contributed by atoms with Gasteiger partial charge in [-0.25, -0.2) is 9.97 Å². The zero-order valence-electron chi connectivity index (χ0n) is 13.3. The monoisotopic (exact) mass is 371 g/mol. The van der Waals surface area contributed by atoms with Crippen molar-refractivity contribution in [2.24, 2.45) is 0 Å². The smallest absolute Gasteiger partial charge is 0.161 e. The Morgan fingerprint density at radius 2 is 1.83 bits per heavy atom. The van der Waals surface area contributed by atoms with Gasteiger partial charge in [0.25, 0.3) is 0 Å². The van der Waals surface area contributed by atoms with E-state index in [1.165, 1.54) is 49.8 Å². The first-order valence-electron chi connectivity index (χ1n) is 8.72. The Labute approximate surface area is 146 Å². The number of hydrogen-bond acceptors (Lipinski definition) is 3. The minimum Gasteiger partial charge on any atom is -0.367 e. The first-order valence-corrected chi connectivity index (χ1v) is 9.51. The van der Waals surface area contributed by atoms with Crippen LogP contribution in [0.15, 0.2) is 28.7 Å². The van der Waals surface area contributed by atoms with Gasteiger partial charge >= 0.3 is 0 Å². The van der Waals surface area contributed by atoms with Gasteiger partial charge in [0.1, 0.15) is 5.82 Å². The number of anilines is 1. The highest BCUT2D eigenvalue weighted by Crippen LogP contribution is 2.31. The van der Waals surface area contributed by atoms with E-state index in [0.29, 0.717) is 6.04 Å². The van der Waals surface area contributed by atoms with Crippen LogP contribution in [0.1, 0.15) is 49.8 Å². The van der Waals surface area contributed by atoms with E-state index < -0.39 is 0 Å². The molecule has 2 aromatic rings. The van der Waals surface area contributed by atoms with Crippen molar-refractivity contribution in [3.63, 3.8) is 0 Å². The molecule has 1 aromatic heterocycles. The van der Waals surface area contributed by atoms with Crippen LogP contribution in [0, 0.1) is 0 Å². The minimum absolute atomic E-state index is 0.589. The van der Waals surface area contributed by atoms with Crippen molar-refractivity contribution in [3.8, 4) is 11.4 Å². The van der Waals surface area contributed by atoms with Gasteiger partial charge in [-0.3, -0.25) is 0 Å². The van der Waals surface area contributed by atoms with E-state index in [1.807, 2.05) is 12.1 Å². The second-order valence-corrected chi connectivity index (χ2v) is 7.58. The van der Waals surface area contributed by atoms with Crippen LogP contribution in [0.4, 0.5) is 5.82 Å². The molecular formula is C19H22BrN3. The minimum atomic E-state index is 0.589. The number of nitrogens with one attached hydrogen (secondary N) is 1. The van der Waals surface area contributed by atoms with E-state index in [1.54, 1.807) is 0 Å². The van der Waals surface area contributed by atoms with Crippen LogP contribution >= 0.6 is 15.9 Å². The van der Waals surface area contributed by atoms with Crippen LogP contribution in [0.5, 0.6) is 0 Å². The molecule has 4 rings (SSSR count). The molecule has 23 heavy (non-hydrogen) atoms. The van der Waals surface area contributed by atoms with E-state index >= 15 is 0 Å². The van der Waals surface area contributed by atoms with Gasteiger partial charge in [-0.15, -0.1) is 0 Å². The predicted octanol–water partition coefficient (Wildman–Crippen LogP) is 5.14. The average Bonchev–Trinajstić information content (AvgIpc) is 3.08. The summed E-state index contributed by atoms with van der Waals surface area (Å²) in [6.45, 7) is 0. The van der Waals surface area contributed by atoms with E-state index in [4.69, 9.17) is 9.97 Å². The second kappa shape index (κ2) is 6.60. The van der Waals surface area contributed by atoms with E-state index in [9.17, 15) is 0 Å². The summed E-state index contributed by atoms with van der Waals surface area (Å²) in [6, 6.07) is 8.87. The molecule has 4 heteroatoms. The SMILES string of the molecule is Brc1cccc(-c2nc3c(c(NC4CCCC4)n2)CCCC3)c1. The van der Waals surface area contributed by atoms with Gasteiger partial charge in [0.15, 0.2) is 5.82 Å². The molecule has 2 aliphatic rings. The number of hydrogen-bond donors (Lipinski definition) is 1. The fourth-order valence-corrected chi connectivity index (χ4v) is 4.13. The van der Waals surface area contributed by atoms with Crippen molar-refractivity contribution in [3.05, 3.63) is 40.0 Å². The zero-order chi connectivity index (χ0) is 15.6. The molecule has 3 nitrogen and oxygen atoms in total. The topological polar surface area (TPSA) is 37.8 Å². The average molecular weight is 372 g/mol. The van der Waals surface area contributed by atoms with Crippen molar-refractivity contribution >= 4 is 21.7 Å². The third kappa shape index (κ3) is 3.27. The molecule has 1 N–H and O–H groups in total. The first-order chi connectivity index (χ1) is 11.3. The summed E-state index contributed by atoms with van der Waals surface area (Å²) in [4.78, 5) is 9.81. The molecule has 1 aromatic carbocycles. The Morgan fingerprint density at radius 3 is 2.65 bits per heavy atom. The summed E-state index contributed by atoms with van der Waals surface area (Å²) in [6.07, 6.45) is 9.90. The molecule has 0 radical (unpaired) electrons. The van der Waals surface area contributed by atoms with Crippen molar-refractivity contribution < 1.29 is 0 Å². The maximum absolute atomic E-state index is 4.92. The van der Waals surface area contributed by atoms with Gasteiger partial charge in [0.05, 0.1) is 0 Å². The molecule has 1 saturated carbocycles. The van der Waals surface area contributed by atoms with Crippen molar-refractivity contribution in [2.45, 2.75) is 57.4 Å². The number of aromatic nitrogens is 2. The summed E-state index contributed by atoms with van der Waals surface area (Å²) in [5.41, 5.74) is 3.70. The number of benzene rings is 1. The molecule has 0 spiro atoms. The number of nitrogens with zero attached hydrogens (tertiary/aromatic N) is 2. The Kier molecular flexibility index (Phi) is 4.34. The highest BCUT2D eigenvalue weighted by molar-refractivity contribution is 9.10. The molecule has 0 unspecified atom stereocenters. The highest BCUT2D eigenvalue weighted by atomic mass is 79.9. The standard InChI is InChI=1S/C19H22BrN3/c20-14-7-5-6-13(12-14)18-22-17-11-4-3-10-16(17)19(23-18)21-15-8-1-2-9-15/h5-7,12,15H,1-4,8-11H2,(H,21,22,23). The first kappa shape index (κ1) is 15.1. The van der Waals surface area contributed by atoms with E-state index in [-0.39, 0.29) is 0 Å². The van der Waals surface area contributed by atoms with Gasteiger partial charge in [-0.05, 0) is 50.7 Å². The Hall–Kier alpha value is -1.42. The number of halogens is 1. The quantitative estimate of drug-likeness (QED) is 0.811. The molecule has 0 atom stereocenters. The van der Waals surface area contributed by atoms with Crippen molar-refractivity contribution in [2.75, 3.05) is 5.32 Å². The molecule has 0 bridgehead atoms. The second-order valence-electron chi connectivity index (χ2n) is 6.66. The summed E-state index contributed by atoms with van der Waals surface area (Å²) in [5, 5.41) is 3.73. The Bertz CT molecular complexity index is 708. The van der Waals surface area contributed by atoms with Gasteiger partial charge in [-0.1, -0.05) is 40.9 Å². The van der Waals surface area contributed by atoms with Gasteiger partial charge < -0.3 is 5.32 Å². The molecule has 1 heterocycles. The van der Waals surface area contributed by atoms with Crippen LogP contribution in [-0.2, 0) is 12.8 Å². The lowest BCUT2D eigenvalue weighted by Crippen LogP contribution is -2.20. The maximum Gasteiger partial charge on any atom is 0.161 e. The van der Waals surface area contributed by atoms with Crippen LogP contribution in [0.2, 0.25) is 0 Å². The molecule has 0 aliphatic heterocycles. The highest BCUT2D eigenvalue weighted by Gasteiger charge is 2.22. The third-order valence-electron chi connectivity index (χ3n) is 4.96. The molecule has 2 aliphatic carbocycles. The lowest BCUT2D eigenvalue weighted by molar-refractivity contribution is 0.659. The van der Waals surface area contributed by atoms with Gasteiger partial charge in [0.2, 0.25) is 0 Å². The Balaban J connectivity index is 1.75. The van der Waals surface area contributed by atoms with Crippen LogP contribution < -0.4 is 5.32 Å². The van der Waals surface area contributed by atoms with Crippen LogP contribution in [0.3, 0.4) is 0 Å². The van der Waals surface area contributed by atoms with E-state index in [0.717, 1.165) is 34.5 Å². The Morgan fingerprint density at radius 1 is 1.00 bits per heavy atom. The molecule has 0 saturated heterocycles. The lowest BCUT2D eigenvalue weighted by Gasteiger charge is -2.22. The summed E-state index contributed by atoms with van der Waals surface area (Å²) < 4.78 is 1.07. The van der Waals surface area contributed by atoms with Crippen LogP contribution in [0.25, 0.3) is 11.4 Å². The molecule has 1 fully saturated rings. The number of fused-ring (bicyclic) bond motifs is 1. The fourth-order valence-electron chi connectivity index (χ4n) is 3.73. The van der Waals surface area contributed by atoms with Crippen molar-refractivity contribution in [1.82, 2.24) is 9.97 Å². The zero-order valence-corrected chi connectivity index (χ0v) is 14.9. The normalized spacial score (nSPS) is 18.0. The van der Waals surface area contributed by atoms with Crippen LogP contribution in [-0.4, -0.2) is 16.0 Å². The number of aryl methyl sites for hydroxylation is 1. The van der Waals surface area contributed by atoms with E-state index in [2.05, 4.69) is 33.4 Å². The molecular weight excluding hydrogens is 350 g/mol. The van der Waals surface area contributed by atoms with Gasteiger partial charge in [-0.2, -0.15) is 0 Å². The molecule has 0 amide bonds. The lowest BCUT2D eigenvalue weighted by atomic mass is 9.96. The maximum atomic E-state index is 4.92. The fraction of sp³-hybridized carbons (Fsp3) is 0.474. The van der Waals surface area contributed by atoms with Crippen molar-refractivity contribution in [1.29, 1.82) is 0 Å². The largest absolute Gasteiger partial charge is 0.367 e. The third-order valence-corrected chi connectivity index (χ3v) is 5.46. The van der Waals surface area contributed by atoms with Gasteiger partial charge in [0, 0.05) is 27.3 Å². The predicted molar refractivity (Wildman–Crippen MR) is 97.7 cm³/mol. The summed E-state index contributed by atoms with van der Waals surface area (Å²) in [5.74, 6) is 1.95. The summed E-state index contributed by atoms with van der Waals surface area (Å²) >= 11 is 3.55. The summed E-state index contributed by atoms with van der Waals surface area (Å²) in [7, 11) is 0. The number of rotatable bonds is 3. The molecule has 120 valence electrons.